The minimum atomic E-state index is -0.892. The molecule has 0 saturated carbocycles. The van der Waals surface area contributed by atoms with E-state index in [1.165, 1.54) is 14.2 Å². The van der Waals surface area contributed by atoms with Crippen LogP contribution in [0.15, 0.2) is 48.5 Å². The molecule has 4 N–H and O–H groups in total. The molecule has 1 amide bonds. The van der Waals surface area contributed by atoms with Crippen molar-refractivity contribution in [3.63, 3.8) is 0 Å². The molecule has 142 valence electrons. The Morgan fingerprint density at radius 3 is 2.23 bits per heavy atom. The summed E-state index contributed by atoms with van der Waals surface area (Å²) in [4.78, 5) is 12.1. The van der Waals surface area contributed by atoms with Gasteiger partial charge in [0.15, 0.2) is 0 Å². The molecule has 0 spiro atoms. The molecule has 2 atom stereocenters. The number of benzene rings is 2. The molecule has 7 heteroatoms. The van der Waals surface area contributed by atoms with Crippen LogP contribution >= 0.6 is 12.4 Å². The van der Waals surface area contributed by atoms with E-state index in [-0.39, 0.29) is 24.9 Å². The average Bonchev–Trinajstić information content (AvgIpc) is 2.65. The lowest BCUT2D eigenvalue weighted by Crippen LogP contribution is -2.43. The minimum Gasteiger partial charge on any atom is -0.497 e. The highest BCUT2D eigenvalue weighted by Crippen LogP contribution is 2.26. The Balaban J connectivity index is 0.00000338. The second-order valence-electron chi connectivity index (χ2n) is 5.70. The van der Waals surface area contributed by atoms with Crippen LogP contribution in [0.3, 0.4) is 0 Å². The van der Waals surface area contributed by atoms with Gasteiger partial charge in [-0.05, 0) is 29.7 Å². The van der Waals surface area contributed by atoms with Gasteiger partial charge >= 0.3 is 0 Å². The second-order valence-corrected chi connectivity index (χ2v) is 5.70. The number of aliphatic hydroxyl groups is 1. The third-order valence-corrected chi connectivity index (χ3v) is 3.86. The first-order valence-electron chi connectivity index (χ1n) is 8.01. The number of carbonyl (C=O) groups excluding carboxylic acids is 1. The van der Waals surface area contributed by atoms with Gasteiger partial charge in [0.1, 0.15) is 11.5 Å². The lowest BCUT2D eigenvalue weighted by Gasteiger charge is -2.17. The summed E-state index contributed by atoms with van der Waals surface area (Å²) in [7, 11) is 3.07. The van der Waals surface area contributed by atoms with Gasteiger partial charge in [-0.2, -0.15) is 0 Å². The zero-order chi connectivity index (χ0) is 18.2. The predicted octanol–water partition coefficient (Wildman–Crippen LogP) is 1.85. The van der Waals surface area contributed by atoms with Crippen LogP contribution in [0.25, 0.3) is 0 Å². The highest BCUT2D eigenvalue weighted by molar-refractivity contribution is 5.85. The largest absolute Gasteiger partial charge is 0.497 e. The number of halogens is 1. The molecule has 2 aromatic carbocycles. The molecular formula is C19H25ClN2O4. The summed E-state index contributed by atoms with van der Waals surface area (Å²) in [6.07, 6.45) is -0.452. The normalized spacial score (nSPS) is 12.5. The number of hydrogen-bond donors (Lipinski definition) is 3. The first-order valence-corrected chi connectivity index (χ1v) is 8.01. The van der Waals surface area contributed by atoms with E-state index in [0.717, 1.165) is 5.56 Å². The molecule has 0 aromatic heterocycles. The first-order chi connectivity index (χ1) is 12.0. The lowest BCUT2D eigenvalue weighted by molar-refractivity contribution is -0.122. The van der Waals surface area contributed by atoms with Gasteiger partial charge in [-0.1, -0.05) is 30.3 Å². The van der Waals surface area contributed by atoms with Crippen LogP contribution < -0.4 is 20.5 Å². The molecule has 26 heavy (non-hydrogen) atoms. The number of ether oxygens (including phenoxy) is 2. The fraction of sp³-hybridized carbons (Fsp3) is 0.316. The Kier molecular flexibility index (Phi) is 8.92. The zero-order valence-corrected chi connectivity index (χ0v) is 15.7. The van der Waals surface area contributed by atoms with Crippen molar-refractivity contribution >= 4 is 18.3 Å². The van der Waals surface area contributed by atoms with Crippen molar-refractivity contribution in [1.82, 2.24) is 5.32 Å². The Morgan fingerprint density at radius 2 is 1.69 bits per heavy atom. The maximum atomic E-state index is 12.1. The van der Waals surface area contributed by atoms with Crippen molar-refractivity contribution < 1.29 is 19.4 Å². The van der Waals surface area contributed by atoms with Gasteiger partial charge in [-0.3, -0.25) is 4.79 Å². The van der Waals surface area contributed by atoms with E-state index in [4.69, 9.17) is 15.2 Å². The van der Waals surface area contributed by atoms with E-state index in [1.54, 1.807) is 18.2 Å². The lowest BCUT2D eigenvalue weighted by atomic mass is 10.1. The van der Waals surface area contributed by atoms with Crippen LogP contribution in [-0.4, -0.2) is 37.8 Å². The molecule has 2 aromatic rings. The van der Waals surface area contributed by atoms with Crippen LogP contribution in [-0.2, 0) is 11.2 Å². The molecule has 0 heterocycles. The molecule has 2 rings (SSSR count). The van der Waals surface area contributed by atoms with Gasteiger partial charge < -0.3 is 25.6 Å². The number of carbonyl (C=O) groups is 1. The zero-order valence-electron chi connectivity index (χ0n) is 14.8. The molecule has 0 bridgehead atoms. The Hall–Kier alpha value is -2.28. The van der Waals surface area contributed by atoms with Crippen LogP contribution in [0.4, 0.5) is 0 Å². The quantitative estimate of drug-likeness (QED) is 0.649. The van der Waals surface area contributed by atoms with E-state index in [1.807, 2.05) is 30.3 Å². The third-order valence-electron chi connectivity index (χ3n) is 3.86. The Bertz CT molecular complexity index is 675. The second kappa shape index (κ2) is 10.7. The summed E-state index contributed by atoms with van der Waals surface area (Å²) < 4.78 is 10.4. The number of hydrogen-bond acceptors (Lipinski definition) is 5. The van der Waals surface area contributed by atoms with Crippen molar-refractivity contribution in [2.45, 2.75) is 18.6 Å². The summed E-state index contributed by atoms with van der Waals surface area (Å²) in [5.74, 6) is 0.832. The number of rotatable bonds is 8. The summed E-state index contributed by atoms with van der Waals surface area (Å²) in [6, 6.07) is 14.0. The fourth-order valence-electron chi connectivity index (χ4n) is 2.43. The molecule has 0 saturated heterocycles. The first kappa shape index (κ1) is 21.8. The SMILES string of the molecule is COc1cc(OC)cc(C(O)CNC(=O)[C@@H](N)Cc2ccccc2)c1.Cl. The molecule has 6 nitrogen and oxygen atoms in total. The van der Waals surface area contributed by atoms with Crippen molar-refractivity contribution in [3.8, 4) is 11.5 Å². The highest BCUT2D eigenvalue weighted by atomic mass is 35.5. The number of methoxy groups -OCH3 is 2. The van der Waals surface area contributed by atoms with Gasteiger partial charge in [0.05, 0.1) is 26.4 Å². The maximum absolute atomic E-state index is 12.1. The number of amides is 1. The fourth-order valence-corrected chi connectivity index (χ4v) is 2.43. The molecule has 0 fully saturated rings. The topological polar surface area (TPSA) is 93.8 Å². The van der Waals surface area contributed by atoms with Crippen LogP contribution in [0.1, 0.15) is 17.2 Å². The van der Waals surface area contributed by atoms with Crippen molar-refractivity contribution in [2.24, 2.45) is 5.73 Å². The van der Waals surface area contributed by atoms with E-state index >= 15 is 0 Å². The van der Waals surface area contributed by atoms with E-state index in [0.29, 0.717) is 23.5 Å². The van der Waals surface area contributed by atoms with Crippen molar-refractivity contribution in [3.05, 3.63) is 59.7 Å². The number of nitrogens with one attached hydrogen (secondary N) is 1. The summed E-state index contributed by atoms with van der Waals surface area (Å²) in [5.41, 5.74) is 7.51. The molecule has 0 aliphatic carbocycles. The molecule has 0 radical (unpaired) electrons. The van der Waals surface area contributed by atoms with Gasteiger partial charge in [0, 0.05) is 12.6 Å². The van der Waals surface area contributed by atoms with Crippen LogP contribution in [0.2, 0.25) is 0 Å². The maximum Gasteiger partial charge on any atom is 0.237 e. The number of aliphatic hydroxyl groups excluding tert-OH is 1. The Labute approximate surface area is 159 Å². The molecule has 0 aliphatic heterocycles. The van der Waals surface area contributed by atoms with Crippen molar-refractivity contribution in [1.29, 1.82) is 0 Å². The average molecular weight is 381 g/mol. The molecule has 0 aliphatic rings. The Morgan fingerprint density at radius 1 is 1.12 bits per heavy atom. The summed E-state index contributed by atoms with van der Waals surface area (Å²) >= 11 is 0. The highest BCUT2D eigenvalue weighted by Gasteiger charge is 2.17. The molecular weight excluding hydrogens is 356 g/mol. The number of nitrogens with two attached hydrogens (primary N) is 1. The summed E-state index contributed by atoms with van der Waals surface area (Å²) in [5, 5.41) is 13.0. The van der Waals surface area contributed by atoms with E-state index < -0.39 is 12.1 Å². The smallest absolute Gasteiger partial charge is 0.237 e. The van der Waals surface area contributed by atoms with Gasteiger partial charge in [0.25, 0.3) is 0 Å². The standard InChI is InChI=1S/C19H24N2O4.ClH/c1-24-15-9-14(10-16(11-15)25-2)18(22)12-21-19(23)17(20)8-13-6-4-3-5-7-13;/h3-7,9-11,17-18,22H,8,12,20H2,1-2H3,(H,21,23);1H/t17-,18?;/m0./s1. The van der Waals surface area contributed by atoms with E-state index in [9.17, 15) is 9.90 Å². The third kappa shape index (κ3) is 6.22. The predicted molar refractivity (Wildman–Crippen MR) is 103 cm³/mol. The molecule has 1 unspecified atom stereocenters. The van der Waals surface area contributed by atoms with Gasteiger partial charge in [0.2, 0.25) is 5.91 Å². The minimum absolute atomic E-state index is 0. The van der Waals surface area contributed by atoms with Gasteiger partial charge in [-0.15, -0.1) is 12.4 Å². The van der Waals surface area contributed by atoms with Crippen molar-refractivity contribution in [2.75, 3.05) is 20.8 Å². The van der Waals surface area contributed by atoms with Crippen LogP contribution in [0.5, 0.6) is 11.5 Å². The van der Waals surface area contributed by atoms with E-state index in [2.05, 4.69) is 5.32 Å². The van der Waals surface area contributed by atoms with Crippen LogP contribution in [0, 0.1) is 0 Å². The van der Waals surface area contributed by atoms with Gasteiger partial charge in [-0.25, -0.2) is 0 Å². The monoisotopic (exact) mass is 380 g/mol. The summed E-state index contributed by atoms with van der Waals surface area (Å²) in [6.45, 7) is 0.0532.